The Morgan fingerprint density at radius 2 is 1.49 bits per heavy atom. The quantitative estimate of drug-likeness (QED) is 0.194. The first kappa shape index (κ1) is 32.2. The zero-order chi connectivity index (χ0) is 31.8. The fraction of sp³-hybridized carbons (Fsp3) is 0.257. The molecule has 0 aromatic heterocycles. The first-order chi connectivity index (χ1) is 21.7. The summed E-state index contributed by atoms with van der Waals surface area (Å²) in [4.78, 5) is 29.9. The zero-order valence-electron chi connectivity index (χ0n) is 24.7. The van der Waals surface area contributed by atoms with Crippen molar-refractivity contribution in [2.45, 2.75) is 55.6 Å². The van der Waals surface area contributed by atoms with Gasteiger partial charge >= 0.3 is 0 Å². The summed E-state index contributed by atoms with van der Waals surface area (Å²) in [6.07, 6.45) is 3.94. The van der Waals surface area contributed by atoms with Crippen LogP contribution in [0.5, 0.6) is 0 Å². The molecule has 0 heterocycles. The summed E-state index contributed by atoms with van der Waals surface area (Å²) in [5.74, 6) is -1.35. The van der Waals surface area contributed by atoms with Gasteiger partial charge in [0.2, 0.25) is 11.8 Å². The first-order valence-electron chi connectivity index (χ1n) is 14.9. The van der Waals surface area contributed by atoms with Gasteiger partial charge in [0.05, 0.1) is 10.6 Å². The lowest BCUT2D eigenvalue weighted by Gasteiger charge is -2.34. The molecule has 0 bridgehead atoms. The van der Waals surface area contributed by atoms with Crippen molar-refractivity contribution in [2.24, 2.45) is 0 Å². The largest absolute Gasteiger partial charge is 0.352 e. The van der Waals surface area contributed by atoms with E-state index in [4.69, 9.17) is 11.6 Å². The van der Waals surface area contributed by atoms with Gasteiger partial charge in [-0.15, -0.1) is 0 Å². The summed E-state index contributed by atoms with van der Waals surface area (Å²) in [5.41, 5.74) is 1.64. The lowest BCUT2D eigenvalue weighted by atomic mass is 10.0. The van der Waals surface area contributed by atoms with Gasteiger partial charge in [0.15, 0.2) is 0 Å². The summed E-state index contributed by atoms with van der Waals surface area (Å²) < 4.78 is 42.9. The normalized spacial score (nSPS) is 14.1. The van der Waals surface area contributed by atoms with Crippen molar-refractivity contribution in [3.63, 3.8) is 0 Å². The van der Waals surface area contributed by atoms with E-state index in [1.54, 1.807) is 48.5 Å². The third-order valence-corrected chi connectivity index (χ3v) is 9.97. The minimum absolute atomic E-state index is 0.0000333. The van der Waals surface area contributed by atoms with Gasteiger partial charge in [-0.2, -0.15) is 0 Å². The second-order valence-electron chi connectivity index (χ2n) is 11.1. The molecular formula is C35H35ClFN3O4S. The average molecular weight is 648 g/mol. The molecular weight excluding hydrogens is 613 g/mol. The van der Waals surface area contributed by atoms with Crippen molar-refractivity contribution in [1.29, 1.82) is 0 Å². The Morgan fingerprint density at radius 3 is 2.13 bits per heavy atom. The van der Waals surface area contributed by atoms with Crippen molar-refractivity contribution in [2.75, 3.05) is 10.8 Å². The molecule has 5 rings (SSSR count). The predicted octanol–water partition coefficient (Wildman–Crippen LogP) is 6.37. The van der Waals surface area contributed by atoms with Gasteiger partial charge in [0, 0.05) is 24.0 Å². The second kappa shape index (κ2) is 14.7. The number of nitrogens with zero attached hydrogens (tertiary/aromatic N) is 2. The molecule has 4 aromatic carbocycles. The number of hydrogen-bond acceptors (Lipinski definition) is 4. The van der Waals surface area contributed by atoms with Gasteiger partial charge in [-0.3, -0.25) is 13.9 Å². The molecule has 1 aliphatic carbocycles. The van der Waals surface area contributed by atoms with E-state index in [0.29, 0.717) is 10.6 Å². The Morgan fingerprint density at radius 1 is 0.844 bits per heavy atom. The number of carbonyl (C=O) groups is 2. The Labute approximate surface area is 268 Å². The zero-order valence-corrected chi connectivity index (χ0v) is 26.3. The molecule has 234 valence electrons. The van der Waals surface area contributed by atoms with Crippen molar-refractivity contribution in [3.8, 4) is 0 Å². The molecule has 1 saturated carbocycles. The number of hydrogen-bond donors (Lipinski definition) is 1. The molecule has 1 aliphatic rings. The smallest absolute Gasteiger partial charge is 0.264 e. The highest BCUT2D eigenvalue weighted by molar-refractivity contribution is 7.92. The SMILES string of the molecule is O=C(NC1CCCC1)[C@H](Cc1ccccc1)N(Cc1ccc(F)cc1)C(=O)CN(c1cccc(Cl)c1)S(=O)(=O)c1ccccc1. The highest BCUT2D eigenvalue weighted by Gasteiger charge is 2.35. The molecule has 0 saturated heterocycles. The van der Waals surface area contributed by atoms with Crippen molar-refractivity contribution < 1.29 is 22.4 Å². The van der Waals surface area contributed by atoms with Crippen LogP contribution >= 0.6 is 11.6 Å². The molecule has 1 atom stereocenters. The molecule has 0 spiro atoms. The molecule has 1 fully saturated rings. The number of nitrogens with one attached hydrogen (secondary N) is 1. The van der Waals surface area contributed by atoms with Crippen LogP contribution in [0.2, 0.25) is 5.02 Å². The third-order valence-electron chi connectivity index (χ3n) is 7.95. The van der Waals surface area contributed by atoms with Crippen LogP contribution in [0.4, 0.5) is 10.1 Å². The van der Waals surface area contributed by atoms with Gasteiger partial charge in [0.25, 0.3) is 10.0 Å². The van der Waals surface area contributed by atoms with E-state index in [0.717, 1.165) is 35.6 Å². The molecule has 45 heavy (non-hydrogen) atoms. The lowest BCUT2D eigenvalue weighted by Crippen LogP contribution is -2.54. The fourth-order valence-electron chi connectivity index (χ4n) is 5.59. The summed E-state index contributed by atoms with van der Waals surface area (Å²) in [6.45, 7) is -0.635. The van der Waals surface area contributed by atoms with Crippen molar-refractivity contribution in [3.05, 3.63) is 131 Å². The van der Waals surface area contributed by atoms with Crippen LogP contribution in [0.15, 0.2) is 114 Å². The second-order valence-corrected chi connectivity index (χ2v) is 13.4. The van der Waals surface area contributed by atoms with E-state index >= 15 is 0 Å². The minimum Gasteiger partial charge on any atom is -0.352 e. The highest BCUT2D eigenvalue weighted by Crippen LogP contribution is 2.27. The van der Waals surface area contributed by atoms with Crippen LogP contribution < -0.4 is 9.62 Å². The Bertz CT molecular complexity index is 1700. The summed E-state index contributed by atoms with van der Waals surface area (Å²) >= 11 is 6.27. The molecule has 0 unspecified atom stereocenters. The first-order valence-corrected chi connectivity index (χ1v) is 16.7. The summed E-state index contributed by atoms with van der Waals surface area (Å²) in [5, 5.41) is 3.44. The number of carbonyl (C=O) groups excluding carboxylic acids is 2. The Balaban J connectivity index is 1.56. The van der Waals surface area contributed by atoms with Gasteiger partial charge in [-0.1, -0.05) is 91.2 Å². The number of rotatable bonds is 12. The Kier molecular flexibility index (Phi) is 10.5. The van der Waals surface area contributed by atoms with E-state index in [2.05, 4.69) is 5.32 Å². The van der Waals surface area contributed by atoms with Gasteiger partial charge in [0.1, 0.15) is 18.4 Å². The standard InChI is InChI=1S/C35H35ClFN3O4S/c36-28-12-9-15-31(23-28)40(45(43,44)32-16-5-2-6-17-32)25-34(41)39(24-27-18-20-29(37)21-19-27)33(22-26-10-3-1-4-11-26)35(42)38-30-13-7-8-14-30/h1-6,9-12,15-21,23,30,33H,7-8,13-14,22,24-25H2,(H,38,42)/t33-/m0/s1. The van der Waals surface area contributed by atoms with E-state index in [-0.39, 0.29) is 35.5 Å². The molecule has 4 aromatic rings. The number of anilines is 1. The van der Waals surface area contributed by atoms with Gasteiger partial charge in [-0.25, -0.2) is 12.8 Å². The number of sulfonamides is 1. The minimum atomic E-state index is -4.22. The topological polar surface area (TPSA) is 86.8 Å². The number of halogens is 2. The van der Waals surface area contributed by atoms with Crippen LogP contribution in [0.25, 0.3) is 0 Å². The van der Waals surface area contributed by atoms with E-state index in [1.807, 2.05) is 30.3 Å². The molecule has 7 nitrogen and oxygen atoms in total. The van der Waals surface area contributed by atoms with Crippen LogP contribution in [-0.2, 0) is 32.6 Å². The lowest BCUT2D eigenvalue weighted by molar-refractivity contribution is -0.140. The van der Waals surface area contributed by atoms with Crippen molar-refractivity contribution in [1.82, 2.24) is 10.2 Å². The fourth-order valence-corrected chi connectivity index (χ4v) is 7.20. The predicted molar refractivity (Wildman–Crippen MR) is 174 cm³/mol. The van der Waals surface area contributed by atoms with E-state index in [9.17, 15) is 22.4 Å². The van der Waals surface area contributed by atoms with Crippen LogP contribution in [0.3, 0.4) is 0 Å². The maximum absolute atomic E-state index is 14.5. The van der Waals surface area contributed by atoms with Gasteiger partial charge in [-0.05, 0) is 66.4 Å². The maximum atomic E-state index is 14.5. The van der Waals surface area contributed by atoms with Gasteiger partial charge < -0.3 is 10.2 Å². The molecule has 0 aliphatic heterocycles. The average Bonchev–Trinajstić information content (AvgIpc) is 3.56. The molecule has 2 amide bonds. The number of amides is 2. The molecule has 10 heteroatoms. The monoisotopic (exact) mass is 647 g/mol. The summed E-state index contributed by atoms with van der Waals surface area (Å²) in [6, 6.07) is 28.2. The maximum Gasteiger partial charge on any atom is 0.264 e. The van der Waals surface area contributed by atoms with Crippen molar-refractivity contribution >= 4 is 39.1 Å². The van der Waals surface area contributed by atoms with Crippen LogP contribution in [0.1, 0.15) is 36.8 Å². The molecule has 0 radical (unpaired) electrons. The Hall–Kier alpha value is -4.21. The number of benzene rings is 4. The summed E-state index contributed by atoms with van der Waals surface area (Å²) in [7, 11) is -4.22. The third kappa shape index (κ3) is 8.29. The van der Waals surface area contributed by atoms with Crippen LogP contribution in [-0.4, -0.2) is 43.8 Å². The van der Waals surface area contributed by atoms with Crippen LogP contribution in [0, 0.1) is 5.82 Å². The molecule has 1 N–H and O–H groups in total. The van der Waals surface area contributed by atoms with E-state index in [1.165, 1.54) is 35.2 Å². The highest BCUT2D eigenvalue weighted by atomic mass is 35.5. The van der Waals surface area contributed by atoms with E-state index < -0.39 is 34.3 Å².